The molecule has 0 saturated heterocycles. The minimum atomic E-state index is -0.523. The van der Waals surface area contributed by atoms with Gasteiger partial charge in [0.15, 0.2) is 5.69 Å². The number of non-ortho nitro benzene ring substituents is 1. The van der Waals surface area contributed by atoms with Crippen LogP contribution in [0.3, 0.4) is 0 Å². The molecule has 0 bridgehead atoms. The molecule has 2 unspecified atom stereocenters. The van der Waals surface area contributed by atoms with E-state index in [0.717, 1.165) is 0 Å². The zero-order chi connectivity index (χ0) is 15.6. The summed E-state index contributed by atoms with van der Waals surface area (Å²) in [5.74, 6) is -0.539. The summed E-state index contributed by atoms with van der Waals surface area (Å²) in [6.45, 7) is 3.53. The number of benzene rings is 1. The Bertz CT molecular complexity index is 682. The van der Waals surface area contributed by atoms with Crippen LogP contribution in [0.4, 0.5) is 5.69 Å². The van der Waals surface area contributed by atoms with E-state index in [9.17, 15) is 14.9 Å². The lowest BCUT2D eigenvalue weighted by Crippen LogP contribution is -2.38. The van der Waals surface area contributed by atoms with E-state index in [1.165, 1.54) is 18.2 Å². The highest BCUT2D eigenvalue weighted by atomic mass is 16.6. The summed E-state index contributed by atoms with van der Waals surface area (Å²) in [5.41, 5.74) is 0.550. The molecule has 0 radical (unpaired) electrons. The van der Waals surface area contributed by atoms with E-state index in [4.69, 9.17) is 5.11 Å². The third-order valence-corrected chi connectivity index (χ3v) is 3.47. The fourth-order valence-electron chi connectivity index (χ4n) is 1.86. The number of nitrogens with zero attached hydrogens (tertiary/aromatic N) is 2. The number of carbonyl (C=O) groups excluding carboxylic acids is 1. The van der Waals surface area contributed by atoms with E-state index in [2.05, 4.69) is 15.5 Å². The minimum Gasteiger partial charge on any atom is -0.396 e. The van der Waals surface area contributed by atoms with Gasteiger partial charge in [-0.05, 0) is 18.9 Å². The van der Waals surface area contributed by atoms with Gasteiger partial charge in [-0.1, -0.05) is 6.92 Å². The lowest BCUT2D eigenvalue weighted by atomic mass is 10.0. The Kier molecular flexibility index (Phi) is 4.18. The second-order valence-corrected chi connectivity index (χ2v) is 4.98. The van der Waals surface area contributed by atoms with Gasteiger partial charge in [0.05, 0.1) is 10.4 Å². The maximum Gasteiger partial charge on any atom is 0.272 e. The molecular formula is C13H16N4O4. The van der Waals surface area contributed by atoms with Gasteiger partial charge in [-0.15, -0.1) is 0 Å². The van der Waals surface area contributed by atoms with Crippen LogP contribution in [0.25, 0.3) is 10.9 Å². The highest BCUT2D eigenvalue weighted by Gasteiger charge is 2.20. The molecule has 0 aliphatic heterocycles. The molecule has 0 aliphatic rings. The van der Waals surface area contributed by atoms with Crippen molar-refractivity contribution in [3.05, 3.63) is 34.0 Å². The Morgan fingerprint density at radius 1 is 1.52 bits per heavy atom. The molecule has 1 aromatic heterocycles. The van der Waals surface area contributed by atoms with E-state index in [-0.39, 0.29) is 29.9 Å². The van der Waals surface area contributed by atoms with Gasteiger partial charge in [-0.2, -0.15) is 5.10 Å². The summed E-state index contributed by atoms with van der Waals surface area (Å²) in [7, 11) is 0. The van der Waals surface area contributed by atoms with Crippen LogP contribution >= 0.6 is 0 Å². The van der Waals surface area contributed by atoms with Gasteiger partial charge in [-0.3, -0.25) is 20.0 Å². The van der Waals surface area contributed by atoms with Gasteiger partial charge >= 0.3 is 0 Å². The van der Waals surface area contributed by atoms with E-state index in [1.54, 1.807) is 13.8 Å². The number of nitro benzene ring substituents is 1. The van der Waals surface area contributed by atoms with Gasteiger partial charge in [-0.25, -0.2) is 0 Å². The number of aliphatic hydroxyl groups is 1. The molecule has 3 N–H and O–H groups in total. The number of carbonyl (C=O) groups is 1. The Hall–Kier alpha value is -2.48. The Morgan fingerprint density at radius 2 is 2.24 bits per heavy atom. The molecule has 8 nitrogen and oxygen atoms in total. The molecule has 1 amide bonds. The van der Waals surface area contributed by atoms with Crippen molar-refractivity contribution in [2.24, 2.45) is 5.92 Å². The fourth-order valence-corrected chi connectivity index (χ4v) is 1.86. The Balaban J connectivity index is 2.31. The minimum absolute atomic E-state index is 0.0474. The second-order valence-electron chi connectivity index (χ2n) is 4.98. The fraction of sp³-hybridized carbons (Fsp3) is 0.385. The van der Waals surface area contributed by atoms with Crippen molar-refractivity contribution in [3.8, 4) is 0 Å². The zero-order valence-electron chi connectivity index (χ0n) is 11.7. The van der Waals surface area contributed by atoms with Gasteiger partial charge in [0.25, 0.3) is 11.6 Å². The molecule has 0 aliphatic carbocycles. The van der Waals surface area contributed by atoms with Gasteiger partial charge < -0.3 is 10.4 Å². The molecule has 0 spiro atoms. The van der Waals surface area contributed by atoms with Crippen molar-refractivity contribution in [1.29, 1.82) is 0 Å². The Labute approximate surface area is 120 Å². The predicted molar refractivity (Wildman–Crippen MR) is 75.9 cm³/mol. The first kappa shape index (κ1) is 14.9. The van der Waals surface area contributed by atoms with E-state index < -0.39 is 10.8 Å². The van der Waals surface area contributed by atoms with E-state index >= 15 is 0 Å². The number of fused-ring (bicyclic) bond motifs is 1. The van der Waals surface area contributed by atoms with E-state index in [0.29, 0.717) is 10.9 Å². The number of nitro groups is 1. The summed E-state index contributed by atoms with van der Waals surface area (Å²) >= 11 is 0. The number of aromatic amines is 1. The summed E-state index contributed by atoms with van der Waals surface area (Å²) in [6, 6.07) is 3.93. The predicted octanol–water partition coefficient (Wildman–Crippen LogP) is 1.22. The van der Waals surface area contributed by atoms with Crippen LogP contribution in [0.5, 0.6) is 0 Å². The van der Waals surface area contributed by atoms with Gasteiger partial charge in [0, 0.05) is 30.2 Å². The maximum atomic E-state index is 12.2. The van der Waals surface area contributed by atoms with Gasteiger partial charge in [0.1, 0.15) is 0 Å². The number of hydrogen-bond acceptors (Lipinski definition) is 5. The molecule has 112 valence electrons. The first-order valence-corrected chi connectivity index (χ1v) is 6.48. The highest BCUT2D eigenvalue weighted by molar-refractivity contribution is 6.05. The van der Waals surface area contributed by atoms with Crippen LogP contribution in [-0.4, -0.2) is 38.8 Å². The zero-order valence-corrected chi connectivity index (χ0v) is 11.7. The van der Waals surface area contributed by atoms with Crippen molar-refractivity contribution in [2.45, 2.75) is 19.9 Å². The van der Waals surface area contributed by atoms with Crippen molar-refractivity contribution in [3.63, 3.8) is 0 Å². The summed E-state index contributed by atoms with van der Waals surface area (Å²) in [6.07, 6.45) is 0. The monoisotopic (exact) mass is 292 g/mol. The molecule has 8 heteroatoms. The van der Waals surface area contributed by atoms with E-state index in [1.807, 2.05) is 0 Å². The maximum absolute atomic E-state index is 12.2. The summed E-state index contributed by atoms with van der Waals surface area (Å²) in [4.78, 5) is 22.5. The third-order valence-electron chi connectivity index (χ3n) is 3.47. The molecule has 1 aromatic carbocycles. The lowest BCUT2D eigenvalue weighted by Gasteiger charge is -2.18. The molecule has 2 atom stereocenters. The van der Waals surface area contributed by atoms with Crippen LogP contribution in [0.15, 0.2) is 18.2 Å². The number of rotatable bonds is 5. The molecule has 0 saturated carbocycles. The molecular weight excluding hydrogens is 276 g/mol. The third kappa shape index (κ3) is 3.00. The molecule has 21 heavy (non-hydrogen) atoms. The summed E-state index contributed by atoms with van der Waals surface area (Å²) in [5, 5.41) is 29.6. The normalized spacial score (nSPS) is 13.9. The standard InChI is InChI=1S/C13H16N4O4/c1-7(6-18)8(2)14-13(19)12-10-5-9(17(20)21)3-4-11(10)15-16-12/h3-5,7-8,18H,6H2,1-2H3,(H,14,19)(H,15,16). The Morgan fingerprint density at radius 3 is 2.86 bits per heavy atom. The highest BCUT2D eigenvalue weighted by Crippen LogP contribution is 2.22. The van der Waals surface area contributed by atoms with Crippen LogP contribution in [0, 0.1) is 16.0 Å². The SMILES string of the molecule is CC(CO)C(C)NC(=O)c1n[nH]c2ccc([N+](=O)[O-])cc12. The molecule has 2 rings (SSSR count). The quantitative estimate of drug-likeness (QED) is 0.565. The number of hydrogen-bond donors (Lipinski definition) is 3. The molecule has 2 aromatic rings. The largest absolute Gasteiger partial charge is 0.396 e. The average Bonchev–Trinajstić information content (AvgIpc) is 2.88. The first-order chi connectivity index (χ1) is 9.93. The first-order valence-electron chi connectivity index (χ1n) is 6.48. The molecule has 1 heterocycles. The van der Waals surface area contributed by atoms with Crippen molar-refractivity contribution < 1.29 is 14.8 Å². The van der Waals surface area contributed by atoms with Crippen LogP contribution < -0.4 is 5.32 Å². The summed E-state index contributed by atoms with van der Waals surface area (Å²) < 4.78 is 0. The van der Waals surface area contributed by atoms with Crippen molar-refractivity contribution in [2.75, 3.05) is 6.61 Å². The van der Waals surface area contributed by atoms with Crippen LogP contribution in [-0.2, 0) is 0 Å². The van der Waals surface area contributed by atoms with Crippen molar-refractivity contribution >= 4 is 22.5 Å². The smallest absolute Gasteiger partial charge is 0.272 e. The topological polar surface area (TPSA) is 121 Å². The second kappa shape index (κ2) is 5.88. The molecule has 0 fully saturated rings. The van der Waals surface area contributed by atoms with Crippen LogP contribution in [0.1, 0.15) is 24.3 Å². The average molecular weight is 292 g/mol. The van der Waals surface area contributed by atoms with Crippen LogP contribution in [0.2, 0.25) is 0 Å². The number of H-pyrrole nitrogens is 1. The number of aromatic nitrogens is 2. The van der Waals surface area contributed by atoms with Crippen molar-refractivity contribution in [1.82, 2.24) is 15.5 Å². The number of nitrogens with one attached hydrogen (secondary N) is 2. The van der Waals surface area contributed by atoms with Gasteiger partial charge in [0.2, 0.25) is 0 Å². The number of amides is 1. The lowest BCUT2D eigenvalue weighted by molar-refractivity contribution is -0.384. The number of aliphatic hydroxyl groups excluding tert-OH is 1.